The van der Waals surface area contributed by atoms with Gasteiger partial charge in [0.25, 0.3) is 0 Å². The average molecular weight is 363 g/mol. The third kappa shape index (κ3) is 3.37. The van der Waals surface area contributed by atoms with Gasteiger partial charge in [-0.2, -0.15) is 0 Å². The predicted molar refractivity (Wildman–Crippen MR) is 95.0 cm³/mol. The molecule has 2 aromatic rings. The van der Waals surface area contributed by atoms with Gasteiger partial charge in [0, 0.05) is 29.9 Å². The molecule has 1 heterocycles. The Kier molecular flexibility index (Phi) is 4.74. The number of nitrogens with zero attached hydrogens (tertiary/aromatic N) is 3. The molecule has 0 aliphatic carbocycles. The van der Waals surface area contributed by atoms with Crippen LogP contribution in [0.25, 0.3) is 4.98 Å². The zero-order valence-corrected chi connectivity index (χ0v) is 14.6. The SMILES string of the molecule is N#[N+]c1ccc(N2CCCC2)cc1S(=O)(=O)Cc1ccccc1Cl. The third-order valence-electron chi connectivity index (χ3n) is 4.16. The number of rotatable bonds is 4. The minimum Gasteiger partial charge on any atom is -0.371 e. The van der Waals surface area contributed by atoms with Crippen molar-refractivity contribution in [2.75, 3.05) is 18.0 Å². The largest absolute Gasteiger partial charge is 0.403 e. The van der Waals surface area contributed by atoms with E-state index >= 15 is 0 Å². The smallest absolute Gasteiger partial charge is 0.371 e. The van der Waals surface area contributed by atoms with E-state index in [4.69, 9.17) is 11.6 Å². The molecule has 0 atom stereocenters. The summed E-state index contributed by atoms with van der Waals surface area (Å²) in [6.45, 7) is 1.80. The van der Waals surface area contributed by atoms with Crippen molar-refractivity contribution in [3.63, 3.8) is 0 Å². The van der Waals surface area contributed by atoms with Gasteiger partial charge in [0.15, 0.2) is 19.7 Å². The highest BCUT2D eigenvalue weighted by Crippen LogP contribution is 2.33. The van der Waals surface area contributed by atoms with Crippen LogP contribution < -0.4 is 4.90 Å². The van der Waals surface area contributed by atoms with Crippen LogP contribution in [0, 0.1) is 5.39 Å². The summed E-state index contributed by atoms with van der Waals surface area (Å²) in [6, 6.07) is 11.7. The van der Waals surface area contributed by atoms with Gasteiger partial charge < -0.3 is 4.90 Å². The van der Waals surface area contributed by atoms with Gasteiger partial charge in [0.2, 0.25) is 5.39 Å². The molecular weight excluding hydrogens is 346 g/mol. The maximum Gasteiger partial charge on any atom is 0.403 e. The van der Waals surface area contributed by atoms with Crippen molar-refractivity contribution in [1.29, 1.82) is 5.39 Å². The Hall–Kier alpha value is -2.10. The van der Waals surface area contributed by atoms with E-state index in [-0.39, 0.29) is 16.3 Å². The molecular formula is C17H17ClN3O2S+. The molecule has 0 aromatic heterocycles. The summed E-state index contributed by atoms with van der Waals surface area (Å²) in [7, 11) is -3.70. The molecule has 1 aliphatic heterocycles. The number of sulfone groups is 1. The maximum absolute atomic E-state index is 12.9. The summed E-state index contributed by atoms with van der Waals surface area (Å²) >= 11 is 6.08. The van der Waals surface area contributed by atoms with E-state index in [0.717, 1.165) is 31.6 Å². The van der Waals surface area contributed by atoms with Gasteiger partial charge in [-0.3, -0.25) is 0 Å². The van der Waals surface area contributed by atoms with Crippen LogP contribution in [0.3, 0.4) is 0 Å². The van der Waals surface area contributed by atoms with Crippen molar-refractivity contribution < 1.29 is 8.42 Å². The lowest BCUT2D eigenvalue weighted by Gasteiger charge is -2.17. The fourth-order valence-electron chi connectivity index (χ4n) is 2.90. The highest BCUT2D eigenvalue weighted by molar-refractivity contribution is 7.90. The first-order valence-electron chi connectivity index (χ1n) is 7.71. The summed E-state index contributed by atoms with van der Waals surface area (Å²) in [5, 5.41) is 9.58. The van der Waals surface area contributed by atoms with Crippen LogP contribution in [-0.2, 0) is 15.6 Å². The Morgan fingerprint density at radius 1 is 1.12 bits per heavy atom. The van der Waals surface area contributed by atoms with Gasteiger partial charge in [-0.25, -0.2) is 8.42 Å². The molecule has 0 unspecified atom stereocenters. The quantitative estimate of drug-likeness (QED) is 0.756. The molecule has 3 rings (SSSR count). The van der Waals surface area contributed by atoms with E-state index in [2.05, 4.69) is 9.88 Å². The molecule has 0 bridgehead atoms. The van der Waals surface area contributed by atoms with E-state index in [0.29, 0.717) is 10.6 Å². The van der Waals surface area contributed by atoms with Crippen LogP contribution in [0.4, 0.5) is 11.4 Å². The molecule has 0 amide bonds. The molecule has 0 radical (unpaired) electrons. The Morgan fingerprint density at radius 3 is 2.50 bits per heavy atom. The van der Waals surface area contributed by atoms with E-state index in [9.17, 15) is 13.8 Å². The lowest BCUT2D eigenvalue weighted by Crippen LogP contribution is -2.18. The average Bonchev–Trinajstić information content (AvgIpc) is 3.11. The second-order valence-electron chi connectivity index (χ2n) is 5.80. The van der Waals surface area contributed by atoms with Gasteiger partial charge in [-0.15, -0.1) is 0 Å². The second-order valence-corrected chi connectivity index (χ2v) is 8.16. The minimum atomic E-state index is -3.70. The fourth-order valence-corrected chi connectivity index (χ4v) is 4.73. The molecule has 24 heavy (non-hydrogen) atoms. The molecule has 2 aromatic carbocycles. The van der Waals surface area contributed by atoms with E-state index < -0.39 is 9.84 Å². The van der Waals surface area contributed by atoms with Crippen LogP contribution >= 0.6 is 11.6 Å². The van der Waals surface area contributed by atoms with Gasteiger partial charge in [-0.1, -0.05) is 29.8 Å². The van der Waals surface area contributed by atoms with Crippen LogP contribution in [0.5, 0.6) is 0 Å². The molecule has 5 nitrogen and oxygen atoms in total. The molecule has 1 saturated heterocycles. The van der Waals surface area contributed by atoms with Crippen molar-refractivity contribution in [2.24, 2.45) is 0 Å². The van der Waals surface area contributed by atoms with Gasteiger partial charge in [0.1, 0.15) is 0 Å². The number of anilines is 1. The topological polar surface area (TPSA) is 65.5 Å². The van der Waals surface area contributed by atoms with Gasteiger partial charge >= 0.3 is 5.69 Å². The number of benzene rings is 2. The summed E-state index contributed by atoms with van der Waals surface area (Å²) in [4.78, 5) is 5.30. The standard InChI is InChI=1S/C17H17ClN3O2S/c18-15-6-2-1-5-13(15)12-24(22,23)17-11-14(7-8-16(17)20-19)21-9-3-4-10-21/h1-2,5-8,11H,3-4,9-10,12H2/q+1. The number of diazo groups is 1. The summed E-state index contributed by atoms with van der Waals surface area (Å²) in [5.74, 6) is -0.237. The first-order valence-corrected chi connectivity index (χ1v) is 9.74. The Balaban J connectivity index is 2.01. The second kappa shape index (κ2) is 6.80. The van der Waals surface area contributed by atoms with Gasteiger partial charge in [-0.05, 0) is 36.6 Å². The minimum absolute atomic E-state index is 0.0225. The normalized spacial score (nSPS) is 14.6. The summed E-state index contributed by atoms with van der Waals surface area (Å²) in [6.07, 6.45) is 2.18. The molecule has 0 saturated carbocycles. The summed E-state index contributed by atoms with van der Waals surface area (Å²) in [5.41, 5.74) is 1.40. The van der Waals surface area contributed by atoms with Crippen molar-refractivity contribution in [3.8, 4) is 0 Å². The molecule has 124 valence electrons. The summed E-state index contributed by atoms with van der Waals surface area (Å²) < 4.78 is 25.7. The van der Waals surface area contributed by atoms with Crippen molar-refractivity contribution in [3.05, 3.63) is 58.0 Å². The van der Waals surface area contributed by atoms with Crippen LogP contribution in [0.15, 0.2) is 47.4 Å². The predicted octanol–water partition coefficient (Wildman–Crippen LogP) is 4.40. The monoisotopic (exact) mass is 362 g/mol. The number of hydrogen-bond acceptors (Lipinski definition) is 4. The first-order chi connectivity index (χ1) is 11.5. The molecule has 7 heteroatoms. The molecule has 1 aliphatic rings. The van der Waals surface area contributed by atoms with Crippen molar-refractivity contribution in [1.82, 2.24) is 0 Å². The highest BCUT2D eigenvalue weighted by Gasteiger charge is 2.29. The van der Waals surface area contributed by atoms with Crippen LogP contribution in [0.1, 0.15) is 18.4 Å². The van der Waals surface area contributed by atoms with Gasteiger partial charge in [0.05, 0.1) is 5.75 Å². The highest BCUT2D eigenvalue weighted by atomic mass is 35.5. The molecule has 0 spiro atoms. The van der Waals surface area contributed by atoms with E-state index in [1.165, 1.54) is 6.07 Å². The first kappa shape index (κ1) is 16.7. The fraction of sp³-hybridized carbons (Fsp3) is 0.294. The zero-order chi connectivity index (χ0) is 17.2. The number of hydrogen-bond donors (Lipinski definition) is 0. The Labute approximate surface area is 146 Å². The third-order valence-corrected chi connectivity index (χ3v) is 6.22. The Bertz CT molecular complexity index is 900. The van der Waals surface area contributed by atoms with Crippen molar-refractivity contribution in [2.45, 2.75) is 23.5 Å². The maximum atomic E-state index is 12.9. The Morgan fingerprint density at radius 2 is 1.83 bits per heavy atom. The van der Waals surface area contributed by atoms with E-state index in [1.807, 2.05) is 0 Å². The van der Waals surface area contributed by atoms with Crippen molar-refractivity contribution >= 4 is 32.8 Å². The lowest BCUT2D eigenvalue weighted by atomic mass is 10.2. The number of halogens is 1. The zero-order valence-electron chi connectivity index (χ0n) is 13.0. The molecule has 1 fully saturated rings. The lowest BCUT2D eigenvalue weighted by molar-refractivity contribution is 0.595. The molecule has 0 N–H and O–H groups in total. The van der Waals surface area contributed by atoms with Crippen LogP contribution in [0.2, 0.25) is 5.02 Å². The van der Waals surface area contributed by atoms with Crippen LogP contribution in [-0.4, -0.2) is 21.5 Å². The van der Waals surface area contributed by atoms with E-state index in [1.54, 1.807) is 36.4 Å².